The number of anilines is 2. The van der Waals surface area contributed by atoms with E-state index in [-0.39, 0.29) is 47.3 Å². The predicted molar refractivity (Wildman–Crippen MR) is 179 cm³/mol. The van der Waals surface area contributed by atoms with E-state index in [9.17, 15) is 23.1 Å². The van der Waals surface area contributed by atoms with Gasteiger partial charge >= 0.3 is 35.7 Å². The van der Waals surface area contributed by atoms with E-state index in [0.717, 1.165) is 50.3 Å². The summed E-state index contributed by atoms with van der Waals surface area (Å²) in [5.74, 6) is 0.122. The Kier molecular flexibility index (Phi) is 11.2. The number of halogens is 3. The van der Waals surface area contributed by atoms with Crippen LogP contribution in [0.15, 0.2) is 30.6 Å². The molecule has 3 aliphatic rings. The average molecular weight is 716 g/mol. The topological polar surface area (TPSA) is 139 Å². The number of carboxylic acid groups (broad SMARTS) is 1. The minimum absolute atomic E-state index is 0. The van der Waals surface area contributed by atoms with Gasteiger partial charge in [-0.2, -0.15) is 13.2 Å². The third kappa shape index (κ3) is 8.48. The molecule has 0 bridgehead atoms. The zero-order valence-electron chi connectivity index (χ0n) is 29.3. The zero-order valence-corrected chi connectivity index (χ0v) is 31.3. The molecule has 0 aromatic carbocycles. The fraction of sp³-hybridized carbons (Fsp3) is 0.543. The smallest absolute Gasteiger partial charge is 0.550 e. The number of methoxy groups -OCH3 is 1. The third-order valence-electron chi connectivity index (χ3n) is 10.2. The fourth-order valence-corrected chi connectivity index (χ4v) is 7.40. The predicted octanol–water partition coefficient (Wildman–Crippen LogP) is 1.28. The van der Waals surface area contributed by atoms with Gasteiger partial charge in [0.25, 0.3) is 0 Å². The summed E-state index contributed by atoms with van der Waals surface area (Å²) in [7, 11) is 3.71. The van der Waals surface area contributed by atoms with Crippen molar-refractivity contribution in [2.45, 2.75) is 57.0 Å². The first kappa shape index (κ1) is 37.4. The van der Waals surface area contributed by atoms with E-state index < -0.39 is 17.8 Å². The van der Waals surface area contributed by atoms with Crippen LogP contribution in [-0.4, -0.2) is 101 Å². The molecule has 1 N–H and O–H groups in total. The zero-order chi connectivity index (χ0) is 35.0. The molecule has 0 spiro atoms. The van der Waals surface area contributed by atoms with Crippen molar-refractivity contribution >= 4 is 28.6 Å². The van der Waals surface area contributed by atoms with Crippen molar-refractivity contribution in [3.63, 3.8) is 0 Å². The van der Waals surface area contributed by atoms with Gasteiger partial charge in [0.05, 0.1) is 30.4 Å². The van der Waals surface area contributed by atoms with Crippen molar-refractivity contribution in [3.8, 4) is 22.8 Å². The maximum atomic E-state index is 14.0. The number of H-pyrrole nitrogens is 1. The van der Waals surface area contributed by atoms with Gasteiger partial charge in [-0.25, -0.2) is 24.9 Å². The summed E-state index contributed by atoms with van der Waals surface area (Å²) in [6.07, 6.45) is 4.69. The van der Waals surface area contributed by atoms with Gasteiger partial charge in [0, 0.05) is 82.0 Å². The first-order valence-electron chi connectivity index (χ1n) is 17.2. The van der Waals surface area contributed by atoms with Gasteiger partial charge in [-0.1, -0.05) is 12.8 Å². The molecule has 12 nitrogen and oxygen atoms in total. The van der Waals surface area contributed by atoms with Crippen molar-refractivity contribution in [2.24, 2.45) is 5.41 Å². The van der Waals surface area contributed by atoms with Crippen LogP contribution in [0.4, 0.5) is 24.7 Å². The molecule has 0 radical (unpaired) electrons. The molecule has 5 heterocycles. The molecule has 0 amide bonds. The van der Waals surface area contributed by atoms with Crippen LogP contribution in [0.5, 0.6) is 0 Å². The minimum Gasteiger partial charge on any atom is -0.550 e. The van der Waals surface area contributed by atoms with Crippen LogP contribution >= 0.6 is 0 Å². The normalized spacial score (nSPS) is 17.9. The van der Waals surface area contributed by atoms with E-state index >= 15 is 0 Å². The molecule has 0 unspecified atom stereocenters. The first-order valence-corrected chi connectivity index (χ1v) is 17.2. The molecule has 4 aromatic heterocycles. The van der Waals surface area contributed by atoms with Crippen molar-refractivity contribution < 1.29 is 57.4 Å². The molecule has 2 aliphatic carbocycles. The molecule has 7 rings (SSSR count). The Morgan fingerprint density at radius 2 is 1.78 bits per heavy atom. The standard InChI is InChI=1S/C35H42F3N9O3.Na/c1-45(20-34(21-50-2)8-3-4-9-34)27-17-25(23-15-24(22-5-6-22)41-28(16-23)35(36,37)38)42-33-31(27)43-32(44-33)26-18-40-29(19-39-26)47-13-11-46(12-14-47)10-7-30(48)49;/h15-19,22H,3-14,20-21H2,1-2H3,(H,48,49)(H,42,43,44);/q;+1/p-1. The molecule has 3 fully saturated rings. The number of rotatable bonds is 12. The SMILES string of the molecule is COCC1(CN(C)c2cc(-c3cc(C4CC4)nc(C(F)(F)F)c3)nc3nc(-c4cnc(N5CCN(CCC(=O)[O-])CC5)cn4)[nH]c23)CCCC1.[Na+]. The molecule has 51 heavy (non-hydrogen) atoms. The third-order valence-corrected chi connectivity index (χ3v) is 10.2. The van der Waals surface area contributed by atoms with Gasteiger partial charge in [0.1, 0.15) is 22.7 Å². The number of aliphatic carboxylic acids is 1. The molecule has 1 aliphatic heterocycles. The van der Waals surface area contributed by atoms with E-state index in [1.54, 1.807) is 25.6 Å². The molecular weight excluding hydrogens is 674 g/mol. The quantitative estimate of drug-likeness (QED) is 0.212. The molecular formula is C35H41F3N9NaO3. The summed E-state index contributed by atoms with van der Waals surface area (Å²) in [6, 6.07) is 4.65. The second-order valence-electron chi connectivity index (χ2n) is 14.0. The van der Waals surface area contributed by atoms with Crippen LogP contribution in [0, 0.1) is 5.41 Å². The van der Waals surface area contributed by atoms with Crippen molar-refractivity contribution in [2.75, 3.05) is 69.8 Å². The summed E-state index contributed by atoms with van der Waals surface area (Å²) in [6.45, 7) is 4.56. The number of carbonyl (C=O) groups excluding carboxylic acids is 1. The number of piperazine rings is 1. The number of pyridine rings is 2. The number of hydrogen-bond acceptors (Lipinski definition) is 11. The van der Waals surface area contributed by atoms with Gasteiger partial charge < -0.3 is 29.4 Å². The largest absolute Gasteiger partial charge is 1.00 e. The summed E-state index contributed by atoms with van der Waals surface area (Å²) in [5.41, 5.74) is 2.51. The van der Waals surface area contributed by atoms with E-state index in [2.05, 4.69) is 34.6 Å². The monoisotopic (exact) mass is 715 g/mol. The molecule has 16 heteroatoms. The Morgan fingerprint density at radius 3 is 2.41 bits per heavy atom. The van der Waals surface area contributed by atoms with Gasteiger partial charge in [0.15, 0.2) is 11.5 Å². The summed E-state index contributed by atoms with van der Waals surface area (Å²) >= 11 is 0. The van der Waals surface area contributed by atoms with E-state index in [4.69, 9.17) is 14.7 Å². The molecule has 2 saturated carbocycles. The number of fused-ring (bicyclic) bond motifs is 1. The van der Waals surface area contributed by atoms with Crippen LogP contribution in [-0.2, 0) is 15.7 Å². The maximum absolute atomic E-state index is 14.0. The molecule has 1 saturated heterocycles. The first-order chi connectivity index (χ1) is 24.0. The number of hydrogen-bond donors (Lipinski definition) is 1. The number of carboxylic acids is 1. The average Bonchev–Trinajstić information content (AvgIpc) is 3.71. The Bertz CT molecular complexity index is 1840. The van der Waals surface area contributed by atoms with Gasteiger partial charge in [-0.15, -0.1) is 0 Å². The van der Waals surface area contributed by atoms with Crippen molar-refractivity contribution in [3.05, 3.63) is 42.0 Å². The second-order valence-corrected chi connectivity index (χ2v) is 14.0. The van der Waals surface area contributed by atoms with E-state index in [1.165, 1.54) is 0 Å². The number of aromatic amines is 1. The molecule has 266 valence electrons. The van der Waals surface area contributed by atoms with Gasteiger partial charge in [-0.3, -0.25) is 4.90 Å². The summed E-state index contributed by atoms with van der Waals surface area (Å²) in [5, 5.41) is 10.8. The number of aromatic nitrogens is 6. The Hall–Kier alpha value is -3.37. The summed E-state index contributed by atoms with van der Waals surface area (Å²) in [4.78, 5) is 43.4. The number of nitrogens with one attached hydrogen (secondary N) is 1. The Balaban J connectivity index is 0.00000448. The Labute approximate surface area is 316 Å². The van der Waals surface area contributed by atoms with Crippen LogP contribution in [0.3, 0.4) is 0 Å². The van der Waals surface area contributed by atoms with Crippen molar-refractivity contribution in [1.82, 2.24) is 34.8 Å². The number of carbonyl (C=O) groups is 1. The second kappa shape index (κ2) is 15.3. The Morgan fingerprint density at radius 1 is 1.04 bits per heavy atom. The maximum Gasteiger partial charge on any atom is 1.00 e. The van der Waals surface area contributed by atoms with Crippen LogP contribution in [0.2, 0.25) is 0 Å². The van der Waals surface area contributed by atoms with Gasteiger partial charge in [-0.05, 0) is 50.3 Å². The number of alkyl halides is 3. The van der Waals surface area contributed by atoms with Crippen molar-refractivity contribution in [1.29, 1.82) is 0 Å². The van der Waals surface area contributed by atoms with E-state index in [1.807, 2.05) is 13.1 Å². The number of nitrogens with zero attached hydrogens (tertiary/aromatic N) is 8. The van der Waals surface area contributed by atoms with Crippen LogP contribution in [0.25, 0.3) is 33.9 Å². The molecule has 4 aromatic rings. The minimum atomic E-state index is -4.59. The number of imidazole rings is 1. The van der Waals surface area contributed by atoms with Crippen LogP contribution in [0.1, 0.15) is 62.3 Å². The van der Waals surface area contributed by atoms with Gasteiger partial charge in [0.2, 0.25) is 0 Å². The summed E-state index contributed by atoms with van der Waals surface area (Å²) < 4.78 is 47.7. The van der Waals surface area contributed by atoms with E-state index in [0.29, 0.717) is 91.3 Å². The van der Waals surface area contributed by atoms with Crippen LogP contribution < -0.4 is 44.5 Å². The number of ether oxygens (including phenoxy) is 1. The molecule has 0 atom stereocenters. The fourth-order valence-electron chi connectivity index (χ4n) is 7.40.